The first-order valence-corrected chi connectivity index (χ1v) is 9.52. The topological polar surface area (TPSA) is 115 Å². The van der Waals surface area contributed by atoms with E-state index in [-0.39, 0.29) is 23.9 Å². The van der Waals surface area contributed by atoms with Gasteiger partial charge in [-0.1, -0.05) is 47.5 Å². The summed E-state index contributed by atoms with van der Waals surface area (Å²) in [5.41, 5.74) is 7.29. The molecule has 1 aromatic heterocycles. The molecule has 3 rings (SSSR count). The molecule has 0 atom stereocenters. The highest BCUT2D eigenvalue weighted by molar-refractivity contribution is 6.35. The fraction of sp³-hybridized carbons (Fsp3) is 0.211. The van der Waals surface area contributed by atoms with Crippen molar-refractivity contribution in [3.05, 3.63) is 69.3 Å². The minimum atomic E-state index is -0.436. The van der Waals surface area contributed by atoms with Crippen molar-refractivity contribution < 1.29 is 14.2 Å². The molecule has 0 saturated carbocycles. The van der Waals surface area contributed by atoms with Gasteiger partial charge in [0.15, 0.2) is 0 Å². The fourth-order valence-corrected chi connectivity index (χ4v) is 2.97. The number of hydrogen-bond donors (Lipinski definition) is 3. The Kier molecular flexibility index (Phi) is 9.19. The number of para-hydroxylation sites is 1. The largest absolute Gasteiger partial charge is 0.489 e. The number of carbonyl (C=O) groups excluding carboxylic acids is 1. The van der Waals surface area contributed by atoms with Gasteiger partial charge in [0, 0.05) is 40.8 Å². The number of ether oxygens (including phenoxy) is 1. The number of carbonyl (C=O) groups is 1. The van der Waals surface area contributed by atoms with Crippen LogP contribution < -0.4 is 21.1 Å². The van der Waals surface area contributed by atoms with Gasteiger partial charge in [-0.05, 0) is 28.5 Å². The monoisotopic (exact) mass is 471 g/mol. The molecule has 0 aliphatic carbocycles. The van der Waals surface area contributed by atoms with Crippen molar-refractivity contribution in [2.75, 3.05) is 18.8 Å². The lowest BCUT2D eigenvalue weighted by Gasteiger charge is -2.13. The van der Waals surface area contributed by atoms with Crippen LogP contribution in [0, 0.1) is 0 Å². The minimum absolute atomic E-state index is 0. The summed E-state index contributed by atoms with van der Waals surface area (Å²) in [7, 11) is 0. The van der Waals surface area contributed by atoms with Gasteiger partial charge in [-0.25, -0.2) is 4.63 Å². The molecular weight excluding hydrogens is 453 g/mol. The van der Waals surface area contributed by atoms with Gasteiger partial charge >= 0.3 is 0 Å². The van der Waals surface area contributed by atoms with Crippen LogP contribution >= 0.6 is 35.6 Å². The van der Waals surface area contributed by atoms with Crippen LogP contribution in [0.1, 0.15) is 21.6 Å². The van der Waals surface area contributed by atoms with Crippen LogP contribution in [-0.2, 0) is 13.2 Å². The summed E-state index contributed by atoms with van der Waals surface area (Å²) in [4.78, 5) is 11.9. The van der Waals surface area contributed by atoms with E-state index in [2.05, 4.69) is 25.6 Å². The van der Waals surface area contributed by atoms with Gasteiger partial charge in [-0.15, -0.1) is 12.4 Å². The molecule has 30 heavy (non-hydrogen) atoms. The average Bonchev–Trinajstić information content (AvgIpc) is 3.14. The Morgan fingerprint density at radius 2 is 1.90 bits per heavy atom. The minimum Gasteiger partial charge on any atom is -0.489 e. The van der Waals surface area contributed by atoms with Crippen LogP contribution in [0.4, 0.5) is 5.82 Å². The van der Waals surface area contributed by atoms with Gasteiger partial charge in [0.1, 0.15) is 12.4 Å². The zero-order valence-electron chi connectivity index (χ0n) is 15.7. The lowest BCUT2D eigenvalue weighted by molar-refractivity contribution is 0.0944. The zero-order valence-corrected chi connectivity index (χ0v) is 18.1. The molecule has 8 nitrogen and oxygen atoms in total. The van der Waals surface area contributed by atoms with E-state index < -0.39 is 5.91 Å². The third-order valence-electron chi connectivity index (χ3n) is 4.00. The van der Waals surface area contributed by atoms with Crippen LogP contribution in [0.2, 0.25) is 10.0 Å². The molecule has 1 amide bonds. The Hall–Kier alpha value is -2.52. The standard InChI is InChI=1S/C19H19Cl2N5O3.ClH/c20-14-6-5-13(15(21)9-14)11-28-16-4-2-1-3-12(16)10-23-7-8-24-19(27)17-18(22)26-29-25-17;/h1-6,9,23H,7-8,10-11H2,(H2,22,26)(H,24,27);1H. The smallest absolute Gasteiger partial charge is 0.277 e. The second-order valence-electron chi connectivity index (χ2n) is 6.06. The molecule has 0 bridgehead atoms. The van der Waals surface area contributed by atoms with E-state index in [4.69, 9.17) is 33.7 Å². The maximum absolute atomic E-state index is 11.9. The van der Waals surface area contributed by atoms with Gasteiger partial charge in [0.05, 0.1) is 0 Å². The molecule has 11 heteroatoms. The molecule has 160 valence electrons. The van der Waals surface area contributed by atoms with E-state index in [1.165, 1.54) is 0 Å². The van der Waals surface area contributed by atoms with Crippen LogP contribution in [0.15, 0.2) is 47.1 Å². The van der Waals surface area contributed by atoms with E-state index in [0.29, 0.717) is 36.3 Å². The number of anilines is 1. The predicted molar refractivity (Wildman–Crippen MR) is 117 cm³/mol. The maximum atomic E-state index is 11.9. The van der Waals surface area contributed by atoms with Gasteiger partial charge in [-0.3, -0.25) is 4.79 Å². The van der Waals surface area contributed by atoms with Crippen molar-refractivity contribution in [1.82, 2.24) is 20.9 Å². The van der Waals surface area contributed by atoms with E-state index in [1.54, 1.807) is 12.1 Å². The maximum Gasteiger partial charge on any atom is 0.277 e. The summed E-state index contributed by atoms with van der Waals surface area (Å²) in [5.74, 6) is 0.271. The molecule has 0 aliphatic rings. The second kappa shape index (κ2) is 11.6. The van der Waals surface area contributed by atoms with Gasteiger partial charge in [0.2, 0.25) is 11.5 Å². The molecule has 2 aromatic carbocycles. The lowest BCUT2D eigenvalue weighted by Crippen LogP contribution is -2.32. The summed E-state index contributed by atoms with van der Waals surface area (Å²) in [6.45, 7) is 1.81. The third-order valence-corrected chi connectivity index (χ3v) is 4.59. The Morgan fingerprint density at radius 3 is 2.63 bits per heavy atom. The van der Waals surface area contributed by atoms with Crippen LogP contribution in [0.5, 0.6) is 5.75 Å². The number of nitrogens with zero attached hydrogens (tertiary/aromatic N) is 2. The highest BCUT2D eigenvalue weighted by atomic mass is 35.5. The van der Waals surface area contributed by atoms with E-state index in [1.807, 2.05) is 30.3 Å². The van der Waals surface area contributed by atoms with Gasteiger partial charge in [-0.2, -0.15) is 0 Å². The van der Waals surface area contributed by atoms with Crippen LogP contribution in [-0.4, -0.2) is 29.3 Å². The number of nitrogens with one attached hydrogen (secondary N) is 2. The predicted octanol–water partition coefficient (Wildman–Crippen LogP) is 3.48. The summed E-state index contributed by atoms with van der Waals surface area (Å²) in [5, 5.41) is 13.9. The highest BCUT2D eigenvalue weighted by Crippen LogP contribution is 2.24. The molecular formula is C19H20Cl3N5O3. The molecule has 0 radical (unpaired) electrons. The summed E-state index contributed by atoms with van der Waals surface area (Å²) >= 11 is 12.1. The van der Waals surface area contributed by atoms with Crippen molar-refractivity contribution in [2.24, 2.45) is 0 Å². The van der Waals surface area contributed by atoms with Crippen molar-refractivity contribution in [3.63, 3.8) is 0 Å². The Labute approximate surface area is 189 Å². The number of amides is 1. The third kappa shape index (κ3) is 6.50. The fourth-order valence-electron chi connectivity index (χ4n) is 2.51. The number of halogens is 3. The summed E-state index contributed by atoms with van der Waals surface area (Å²) in [6, 6.07) is 13.0. The Balaban J connectivity index is 0.00000320. The number of rotatable bonds is 9. The van der Waals surface area contributed by atoms with Crippen molar-refractivity contribution in [1.29, 1.82) is 0 Å². The van der Waals surface area contributed by atoms with E-state index >= 15 is 0 Å². The zero-order chi connectivity index (χ0) is 20.6. The van der Waals surface area contributed by atoms with Crippen molar-refractivity contribution in [2.45, 2.75) is 13.2 Å². The van der Waals surface area contributed by atoms with Gasteiger partial charge < -0.3 is 21.1 Å². The number of benzene rings is 2. The molecule has 0 fully saturated rings. The van der Waals surface area contributed by atoms with Crippen LogP contribution in [0.25, 0.3) is 0 Å². The molecule has 0 unspecified atom stereocenters. The lowest BCUT2D eigenvalue weighted by atomic mass is 10.2. The molecule has 1 heterocycles. The first-order chi connectivity index (χ1) is 14.0. The van der Waals surface area contributed by atoms with E-state index in [0.717, 1.165) is 16.9 Å². The molecule has 0 spiro atoms. The number of hydrogen-bond acceptors (Lipinski definition) is 7. The van der Waals surface area contributed by atoms with E-state index in [9.17, 15) is 4.79 Å². The first kappa shape index (κ1) is 23.8. The Bertz CT molecular complexity index is 984. The van der Waals surface area contributed by atoms with Crippen LogP contribution in [0.3, 0.4) is 0 Å². The Morgan fingerprint density at radius 1 is 1.10 bits per heavy atom. The summed E-state index contributed by atoms with van der Waals surface area (Å²) in [6.07, 6.45) is 0. The second-order valence-corrected chi connectivity index (χ2v) is 6.91. The van der Waals surface area contributed by atoms with Crippen molar-refractivity contribution in [3.8, 4) is 5.75 Å². The SMILES string of the molecule is Cl.Nc1nonc1C(=O)NCCNCc1ccccc1OCc1ccc(Cl)cc1Cl. The molecule has 0 aliphatic heterocycles. The first-order valence-electron chi connectivity index (χ1n) is 8.76. The number of nitrogens with two attached hydrogens (primary N) is 1. The number of nitrogen functional groups attached to an aromatic ring is 1. The quantitative estimate of drug-likeness (QED) is 0.408. The van der Waals surface area contributed by atoms with Gasteiger partial charge in [0.25, 0.3) is 5.91 Å². The average molecular weight is 473 g/mol. The normalized spacial score (nSPS) is 10.3. The van der Waals surface area contributed by atoms with Crippen molar-refractivity contribution >= 4 is 47.3 Å². The summed E-state index contributed by atoms with van der Waals surface area (Å²) < 4.78 is 10.3. The number of aromatic nitrogens is 2. The molecule has 3 aromatic rings. The molecule has 4 N–H and O–H groups in total. The molecule has 0 saturated heterocycles. The highest BCUT2D eigenvalue weighted by Gasteiger charge is 2.15.